The van der Waals surface area contributed by atoms with Crippen LogP contribution in [-0.2, 0) is 4.79 Å². The lowest BCUT2D eigenvalue weighted by Crippen LogP contribution is -2.45. The first kappa shape index (κ1) is 16.5. The summed E-state index contributed by atoms with van der Waals surface area (Å²) in [5.41, 5.74) is 2.13. The van der Waals surface area contributed by atoms with E-state index in [1.807, 2.05) is 31.1 Å². The van der Waals surface area contributed by atoms with E-state index < -0.39 is 12.0 Å². The number of aliphatic carboxylic acids is 1. The Balaban J connectivity index is 2.08. The highest BCUT2D eigenvalue weighted by Crippen LogP contribution is 2.31. The molecule has 0 bridgehead atoms. The molecule has 1 aromatic carbocycles. The van der Waals surface area contributed by atoms with Crippen LogP contribution in [0.4, 0.5) is 0 Å². The minimum Gasteiger partial charge on any atom is -0.480 e. The Labute approximate surface area is 132 Å². The molecule has 4 heteroatoms. The van der Waals surface area contributed by atoms with Gasteiger partial charge in [-0.25, -0.2) is 0 Å². The van der Waals surface area contributed by atoms with Gasteiger partial charge in [-0.05, 0) is 50.6 Å². The summed E-state index contributed by atoms with van der Waals surface area (Å²) >= 11 is 0. The summed E-state index contributed by atoms with van der Waals surface area (Å²) in [5, 5.41) is 12.4. The molecule has 4 nitrogen and oxygen atoms in total. The van der Waals surface area contributed by atoms with E-state index in [2.05, 4.69) is 36.2 Å². The Morgan fingerprint density at radius 3 is 2.59 bits per heavy atom. The van der Waals surface area contributed by atoms with Gasteiger partial charge in [0.1, 0.15) is 6.04 Å². The quantitative estimate of drug-likeness (QED) is 0.840. The lowest BCUT2D eigenvalue weighted by Gasteiger charge is -2.34. The SMILES string of the molecule is C[C@H]1CCC(C(=O)O)N[C@@H]1c1ccc(C#CCN(C)C)cc1. The summed E-state index contributed by atoms with van der Waals surface area (Å²) < 4.78 is 0. The summed E-state index contributed by atoms with van der Waals surface area (Å²) in [6, 6.07) is 7.78. The summed E-state index contributed by atoms with van der Waals surface area (Å²) in [6.45, 7) is 2.91. The van der Waals surface area contributed by atoms with Crippen LogP contribution in [0.3, 0.4) is 0 Å². The predicted octanol–water partition coefficient (Wildman–Crippen LogP) is 2.11. The fourth-order valence-electron chi connectivity index (χ4n) is 2.75. The number of carbonyl (C=O) groups is 1. The van der Waals surface area contributed by atoms with Crippen molar-refractivity contribution in [2.75, 3.05) is 20.6 Å². The van der Waals surface area contributed by atoms with Crippen LogP contribution in [-0.4, -0.2) is 42.7 Å². The molecule has 1 aliphatic rings. The molecule has 1 heterocycles. The van der Waals surface area contributed by atoms with Crippen molar-refractivity contribution >= 4 is 5.97 Å². The van der Waals surface area contributed by atoms with Crippen molar-refractivity contribution in [3.8, 4) is 11.8 Å². The van der Waals surface area contributed by atoms with Gasteiger partial charge >= 0.3 is 5.97 Å². The first-order valence-electron chi connectivity index (χ1n) is 7.70. The third-order valence-corrected chi connectivity index (χ3v) is 4.06. The lowest BCUT2D eigenvalue weighted by molar-refractivity contribution is -0.140. The highest BCUT2D eigenvalue weighted by Gasteiger charge is 2.31. The van der Waals surface area contributed by atoms with E-state index in [-0.39, 0.29) is 6.04 Å². The van der Waals surface area contributed by atoms with E-state index in [9.17, 15) is 9.90 Å². The van der Waals surface area contributed by atoms with Gasteiger partial charge in [-0.1, -0.05) is 30.9 Å². The predicted molar refractivity (Wildman–Crippen MR) is 87.6 cm³/mol. The molecular weight excluding hydrogens is 276 g/mol. The smallest absolute Gasteiger partial charge is 0.320 e. The summed E-state index contributed by atoms with van der Waals surface area (Å²) in [5.74, 6) is 5.92. The Morgan fingerprint density at radius 1 is 1.32 bits per heavy atom. The highest BCUT2D eigenvalue weighted by atomic mass is 16.4. The van der Waals surface area contributed by atoms with Crippen LogP contribution in [0.2, 0.25) is 0 Å². The van der Waals surface area contributed by atoms with Gasteiger partial charge in [-0.15, -0.1) is 0 Å². The monoisotopic (exact) mass is 300 g/mol. The van der Waals surface area contributed by atoms with Gasteiger partial charge in [0.15, 0.2) is 0 Å². The van der Waals surface area contributed by atoms with Crippen molar-refractivity contribution in [1.29, 1.82) is 0 Å². The van der Waals surface area contributed by atoms with E-state index in [0.717, 1.165) is 24.1 Å². The Bertz CT molecular complexity index is 569. The molecule has 0 aromatic heterocycles. The van der Waals surface area contributed by atoms with Crippen LogP contribution in [0.1, 0.15) is 36.9 Å². The van der Waals surface area contributed by atoms with Gasteiger partial charge < -0.3 is 5.11 Å². The molecular formula is C18H24N2O2. The van der Waals surface area contributed by atoms with E-state index in [1.54, 1.807) is 0 Å². The Hall–Kier alpha value is -1.83. The molecule has 0 saturated carbocycles. The number of hydrogen-bond donors (Lipinski definition) is 2. The van der Waals surface area contributed by atoms with Crippen LogP contribution < -0.4 is 5.32 Å². The van der Waals surface area contributed by atoms with E-state index in [1.165, 1.54) is 0 Å². The van der Waals surface area contributed by atoms with Crippen LogP contribution in [0.15, 0.2) is 24.3 Å². The van der Waals surface area contributed by atoms with Crippen LogP contribution >= 0.6 is 0 Å². The zero-order valence-electron chi connectivity index (χ0n) is 13.5. The molecule has 3 atom stereocenters. The van der Waals surface area contributed by atoms with Crippen molar-refractivity contribution in [3.05, 3.63) is 35.4 Å². The standard InChI is InChI=1S/C18H24N2O2/c1-13-6-11-16(18(21)22)19-17(13)15-9-7-14(8-10-15)5-4-12-20(2)3/h7-10,13,16-17,19H,6,11-12H2,1-3H3,(H,21,22)/t13-,16?,17-/m0/s1. The van der Waals surface area contributed by atoms with Gasteiger partial charge in [0.05, 0.1) is 6.54 Å². The zero-order valence-corrected chi connectivity index (χ0v) is 13.5. The second-order valence-corrected chi connectivity index (χ2v) is 6.25. The minimum absolute atomic E-state index is 0.0960. The topological polar surface area (TPSA) is 52.6 Å². The largest absolute Gasteiger partial charge is 0.480 e. The number of carboxylic acid groups (broad SMARTS) is 1. The molecule has 2 rings (SSSR count). The highest BCUT2D eigenvalue weighted by molar-refractivity contribution is 5.73. The number of benzene rings is 1. The van der Waals surface area contributed by atoms with Crippen LogP contribution in [0.25, 0.3) is 0 Å². The maximum atomic E-state index is 11.2. The van der Waals surface area contributed by atoms with Gasteiger partial charge in [-0.2, -0.15) is 0 Å². The molecule has 0 aliphatic carbocycles. The molecule has 0 amide bonds. The molecule has 1 saturated heterocycles. The van der Waals surface area contributed by atoms with Crippen molar-refractivity contribution in [2.24, 2.45) is 5.92 Å². The third kappa shape index (κ3) is 4.33. The number of nitrogens with one attached hydrogen (secondary N) is 1. The number of nitrogens with zero attached hydrogens (tertiary/aromatic N) is 1. The number of hydrogen-bond acceptors (Lipinski definition) is 3. The first-order valence-corrected chi connectivity index (χ1v) is 7.70. The average Bonchev–Trinajstić information content (AvgIpc) is 2.48. The molecule has 1 fully saturated rings. The summed E-state index contributed by atoms with van der Waals surface area (Å²) in [7, 11) is 3.99. The third-order valence-electron chi connectivity index (χ3n) is 4.06. The number of piperidine rings is 1. The van der Waals surface area contributed by atoms with Gasteiger partial charge in [0, 0.05) is 11.6 Å². The van der Waals surface area contributed by atoms with Gasteiger partial charge in [-0.3, -0.25) is 15.0 Å². The maximum Gasteiger partial charge on any atom is 0.320 e. The lowest BCUT2D eigenvalue weighted by atomic mass is 9.84. The summed E-state index contributed by atoms with van der Waals surface area (Å²) in [6.07, 6.45) is 1.63. The van der Waals surface area contributed by atoms with E-state index >= 15 is 0 Å². The second-order valence-electron chi connectivity index (χ2n) is 6.25. The number of carboxylic acids is 1. The molecule has 22 heavy (non-hydrogen) atoms. The van der Waals surface area contributed by atoms with Crippen molar-refractivity contribution in [3.63, 3.8) is 0 Å². The molecule has 1 aliphatic heterocycles. The molecule has 1 aromatic rings. The van der Waals surface area contributed by atoms with Crippen molar-refractivity contribution in [2.45, 2.75) is 31.8 Å². The Morgan fingerprint density at radius 2 is 2.00 bits per heavy atom. The van der Waals surface area contributed by atoms with E-state index in [0.29, 0.717) is 12.3 Å². The molecule has 2 N–H and O–H groups in total. The van der Waals surface area contributed by atoms with Crippen LogP contribution in [0, 0.1) is 17.8 Å². The van der Waals surface area contributed by atoms with Crippen LogP contribution in [0.5, 0.6) is 0 Å². The van der Waals surface area contributed by atoms with Gasteiger partial charge in [0.2, 0.25) is 0 Å². The van der Waals surface area contributed by atoms with Crippen molar-refractivity contribution in [1.82, 2.24) is 10.2 Å². The molecule has 118 valence electrons. The molecule has 1 unspecified atom stereocenters. The maximum absolute atomic E-state index is 11.2. The molecule has 0 spiro atoms. The number of rotatable bonds is 3. The zero-order chi connectivity index (χ0) is 16.1. The van der Waals surface area contributed by atoms with Gasteiger partial charge in [0.25, 0.3) is 0 Å². The van der Waals surface area contributed by atoms with Crippen molar-refractivity contribution < 1.29 is 9.90 Å². The fourth-order valence-corrected chi connectivity index (χ4v) is 2.75. The minimum atomic E-state index is -0.761. The second kappa shape index (κ2) is 7.44. The summed E-state index contributed by atoms with van der Waals surface area (Å²) in [4.78, 5) is 13.2. The molecule has 0 radical (unpaired) electrons. The van der Waals surface area contributed by atoms with E-state index in [4.69, 9.17) is 0 Å². The first-order chi connectivity index (χ1) is 10.5. The normalized spacial score (nSPS) is 24.6. The fraction of sp³-hybridized carbons (Fsp3) is 0.500. The average molecular weight is 300 g/mol. The Kier molecular flexibility index (Phi) is 5.59.